The fourth-order valence-electron chi connectivity index (χ4n) is 3.88. The van der Waals surface area contributed by atoms with Gasteiger partial charge in [-0.05, 0) is 61.1 Å². The molecule has 0 unspecified atom stereocenters. The zero-order valence-electron chi connectivity index (χ0n) is 17.7. The van der Waals surface area contributed by atoms with Gasteiger partial charge in [0, 0.05) is 17.3 Å². The van der Waals surface area contributed by atoms with Crippen LogP contribution in [0, 0.1) is 0 Å². The zero-order valence-corrected chi connectivity index (χ0v) is 19.4. The molecule has 0 atom stereocenters. The van der Waals surface area contributed by atoms with Gasteiger partial charge in [-0.1, -0.05) is 30.0 Å². The van der Waals surface area contributed by atoms with E-state index < -0.39 is 0 Å². The zero-order chi connectivity index (χ0) is 22.6. The highest BCUT2D eigenvalue weighted by atomic mass is 32.2. The van der Waals surface area contributed by atoms with Gasteiger partial charge in [0.2, 0.25) is 0 Å². The lowest BCUT2D eigenvalue weighted by molar-refractivity contribution is -0.118. The number of aryl methyl sites for hydroxylation is 2. The molecule has 1 aromatic carbocycles. The molecule has 1 amide bonds. The smallest absolute Gasteiger partial charge is 0.267 e. The Kier molecular flexibility index (Phi) is 6.32. The van der Waals surface area contributed by atoms with E-state index in [9.17, 15) is 9.59 Å². The number of benzene rings is 1. The van der Waals surface area contributed by atoms with E-state index in [-0.39, 0.29) is 17.2 Å². The van der Waals surface area contributed by atoms with E-state index in [1.807, 2.05) is 30.3 Å². The summed E-state index contributed by atoms with van der Waals surface area (Å²) in [5.41, 5.74) is 5.20. The number of thioether (sulfide) groups is 1. The van der Waals surface area contributed by atoms with E-state index in [0.29, 0.717) is 5.16 Å². The average Bonchev–Trinajstić information content (AvgIpc) is 3.23. The van der Waals surface area contributed by atoms with Crippen LogP contribution < -0.4 is 11.0 Å². The highest BCUT2D eigenvalue weighted by molar-refractivity contribution is 7.99. The van der Waals surface area contributed by atoms with Gasteiger partial charge in [-0.25, -0.2) is 10.4 Å². The van der Waals surface area contributed by atoms with E-state index in [1.165, 1.54) is 16.6 Å². The molecule has 4 aromatic rings. The van der Waals surface area contributed by atoms with E-state index in [1.54, 1.807) is 46.6 Å². The van der Waals surface area contributed by atoms with Crippen molar-refractivity contribution in [2.75, 3.05) is 5.75 Å². The van der Waals surface area contributed by atoms with E-state index in [0.717, 1.165) is 52.7 Å². The number of rotatable bonds is 6. The molecule has 0 spiro atoms. The molecule has 166 valence electrons. The van der Waals surface area contributed by atoms with Crippen molar-refractivity contribution in [3.05, 3.63) is 81.2 Å². The van der Waals surface area contributed by atoms with Crippen molar-refractivity contribution in [1.29, 1.82) is 0 Å². The van der Waals surface area contributed by atoms with Gasteiger partial charge in [-0.3, -0.25) is 19.1 Å². The van der Waals surface area contributed by atoms with E-state index >= 15 is 0 Å². The number of hydrogen-bond acceptors (Lipinski definition) is 7. The lowest BCUT2D eigenvalue weighted by Crippen LogP contribution is -2.24. The van der Waals surface area contributed by atoms with Crippen LogP contribution in [0.5, 0.6) is 0 Å². The Hall–Kier alpha value is -3.30. The average molecular weight is 476 g/mol. The molecule has 33 heavy (non-hydrogen) atoms. The highest BCUT2D eigenvalue weighted by Crippen LogP contribution is 2.35. The number of hydrogen-bond donors (Lipinski definition) is 1. The molecule has 0 saturated heterocycles. The maximum Gasteiger partial charge on any atom is 0.267 e. The van der Waals surface area contributed by atoms with Gasteiger partial charge in [0.15, 0.2) is 5.16 Å². The molecule has 0 radical (unpaired) electrons. The number of carbonyl (C=O) groups excluding carboxylic acids is 1. The summed E-state index contributed by atoms with van der Waals surface area (Å²) in [7, 11) is 0. The Balaban J connectivity index is 1.44. The second kappa shape index (κ2) is 9.68. The van der Waals surface area contributed by atoms with Crippen molar-refractivity contribution in [1.82, 2.24) is 20.0 Å². The molecule has 1 aliphatic rings. The molecule has 3 aromatic heterocycles. The first-order valence-corrected chi connectivity index (χ1v) is 12.5. The fourth-order valence-corrected chi connectivity index (χ4v) is 5.99. The van der Waals surface area contributed by atoms with Crippen LogP contribution in [0.3, 0.4) is 0 Å². The molecular formula is C24H21N5O2S2. The minimum absolute atomic E-state index is 0.0655. The monoisotopic (exact) mass is 475 g/mol. The fraction of sp³-hybridized carbons (Fsp3) is 0.208. The number of hydrazone groups is 1. The van der Waals surface area contributed by atoms with E-state index in [4.69, 9.17) is 4.98 Å². The Morgan fingerprint density at radius 3 is 2.76 bits per heavy atom. The van der Waals surface area contributed by atoms with Crippen LogP contribution in [0.25, 0.3) is 15.9 Å². The number of amides is 1. The normalized spacial score (nSPS) is 13.3. The summed E-state index contributed by atoms with van der Waals surface area (Å²) in [5, 5.41) is 5.23. The first kappa shape index (κ1) is 21.5. The summed E-state index contributed by atoms with van der Waals surface area (Å²) in [6.45, 7) is 0. The van der Waals surface area contributed by atoms with Crippen molar-refractivity contribution >= 4 is 45.4 Å². The van der Waals surface area contributed by atoms with Crippen LogP contribution in [0.1, 0.15) is 28.8 Å². The lowest BCUT2D eigenvalue weighted by Gasteiger charge is -2.13. The summed E-state index contributed by atoms with van der Waals surface area (Å²) in [4.78, 5) is 36.9. The van der Waals surface area contributed by atoms with Gasteiger partial charge in [0.1, 0.15) is 4.83 Å². The molecule has 0 fully saturated rings. The second-order valence-corrected chi connectivity index (χ2v) is 9.65. The minimum Gasteiger partial charge on any atom is -0.272 e. The van der Waals surface area contributed by atoms with Crippen molar-refractivity contribution < 1.29 is 4.79 Å². The summed E-state index contributed by atoms with van der Waals surface area (Å²) in [6, 6.07) is 13.1. The largest absolute Gasteiger partial charge is 0.272 e. The van der Waals surface area contributed by atoms with Crippen LogP contribution in [0.4, 0.5) is 0 Å². The lowest BCUT2D eigenvalue weighted by atomic mass is 9.97. The van der Waals surface area contributed by atoms with Gasteiger partial charge in [0.25, 0.3) is 11.5 Å². The van der Waals surface area contributed by atoms with Crippen molar-refractivity contribution in [2.24, 2.45) is 5.10 Å². The third kappa shape index (κ3) is 4.60. The molecule has 0 bridgehead atoms. The molecule has 7 nitrogen and oxygen atoms in total. The van der Waals surface area contributed by atoms with Gasteiger partial charge < -0.3 is 0 Å². The van der Waals surface area contributed by atoms with Gasteiger partial charge in [-0.15, -0.1) is 11.3 Å². The Bertz CT molecular complexity index is 1380. The number of fused-ring (bicyclic) bond motifs is 3. The molecule has 0 saturated carbocycles. The molecule has 9 heteroatoms. The SMILES string of the molecule is O=C(CSc1nc2sc3c(c2c(=O)n1-c1ccccc1)CCCC3)NN=Cc1ccncc1. The number of para-hydroxylation sites is 1. The molecule has 1 aliphatic carbocycles. The van der Waals surface area contributed by atoms with Crippen LogP contribution >= 0.6 is 23.1 Å². The molecule has 5 rings (SSSR count). The summed E-state index contributed by atoms with van der Waals surface area (Å²) in [6.07, 6.45) is 9.05. The summed E-state index contributed by atoms with van der Waals surface area (Å²) in [5.74, 6) is -0.187. The Morgan fingerprint density at radius 2 is 1.94 bits per heavy atom. The quantitative estimate of drug-likeness (QED) is 0.197. The minimum atomic E-state index is -0.273. The number of thiophene rings is 1. The summed E-state index contributed by atoms with van der Waals surface area (Å²) < 4.78 is 1.63. The molecule has 3 heterocycles. The highest BCUT2D eigenvalue weighted by Gasteiger charge is 2.23. The second-order valence-electron chi connectivity index (χ2n) is 7.62. The first-order valence-electron chi connectivity index (χ1n) is 10.7. The van der Waals surface area contributed by atoms with Crippen LogP contribution in [0.2, 0.25) is 0 Å². The predicted molar refractivity (Wildman–Crippen MR) is 133 cm³/mol. The van der Waals surface area contributed by atoms with Crippen LogP contribution in [0.15, 0.2) is 69.9 Å². The molecule has 1 N–H and O–H groups in total. The number of nitrogens with one attached hydrogen (secondary N) is 1. The standard InChI is InChI=1S/C24H21N5O2S2/c30-20(28-26-14-16-10-12-25-13-11-16)15-32-24-27-22-21(18-8-4-5-9-19(18)33-22)23(31)29(24)17-6-2-1-3-7-17/h1-3,6-7,10-14H,4-5,8-9,15H2,(H,28,30). The first-order chi connectivity index (χ1) is 16.2. The third-order valence-electron chi connectivity index (χ3n) is 5.41. The van der Waals surface area contributed by atoms with E-state index in [2.05, 4.69) is 15.5 Å². The predicted octanol–water partition coefficient (Wildman–Crippen LogP) is 3.96. The maximum absolute atomic E-state index is 13.6. The number of pyridine rings is 1. The number of carbonyl (C=O) groups is 1. The van der Waals surface area contributed by atoms with Crippen LogP contribution in [-0.4, -0.2) is 32.4 Å². The molecule has 0 aliphatic heterocycles. The topological polar surface area (TPSA) is 89.2 Å². The Morgan fingerprint density at radius 1 is 1.15 bits per heavy atom. The third-order valence-corrected chi connectivity index (χ3v) is 7.54. The van der Waals surface area contributed by atoms with Crippen molar-refractivity contribution in [3.63, 3.8) is 0 Å². The molecular weight excluding hydrogens is 454 g/mol. The van der Waals surface area contributed by atoms with Gasteiger partial charge in [0.05, 0.1) is 23.0 Å². The number of aromatic nitrogens is 3. The van der Waals surface area contributed by atoms with Gasteiger partial charge in [-0.2, -0.15) is 5.10 Å². The van der Waals surface area contributed by atoms with Crippen LogP contribution in [-0.2, 0) is 17.6 Å². The van der Waals surface area contributed by atoms with Gasteiger partial charge >= 0.3 is 0 Å². The Labute approximate surface area is 198 Å². The number of nitrogens with zero attached hydrogens (tertiary/aromatic N) is 4. The van der Waals surface area contributed by atoms with Crippen molar-refractivity contribution in [3.8, 4) is 5.69 Å². The van der Waals surface area contributed by atoms with Crippen molar-refractivity contribution in [2.45, 2.75) is 30.8 Å². The maximum atomic E-state index is 13.6. The summed E-state index contributed by atoms with van der Waals surface area (Å²) >= 11 is 2.84.